The maximum Gasteiger partial charge on any atom is 0.300 e. The van der Waals surface area contributed by atoms with Crippen LogP contribution < -0.4 is 10.6 Å². The molecule has 0 radical (unpaired) electrons. The van der Waals surface area contributed by atoms with Crippen LogP contribution in [0.15, 0.2) is 0 Å². The number of carbonyl (C=O) groups is 3. The Hall–Kier alpha value is -1.71. The van der Waals surface area contributed by atoms with E-state index in [9.17, 15) is 9.90 Å². The number of carbonyl (C=O) groups excluding carboxylic acids is 1. The van der Waals surface area contributed by atoms with Crippen LogP contribution in [-0.2, 0) is 14.4 Å². The smallest absolute Gasteiger partial charge is 0.300 e. The van der Waals surface area contributed by atoms with Gasteiger partial charge in [0.2, 0.25) is 5.91 Å². The quantitative estimate of drug-likeness (QED) is 0.462. The number of carboxylic acids is 2. The van der Waals surface area contributed by atoms with Gasteiger partial charge in [-0.15, -0.1) is 0 Å². The molecule has 0 bridgehead atoms. The summed E-state index contributed by atoms with van der Waals surface area (Å²) in [5.74, 6) is -1.65. The molecule has 2 rings (SSSR count). The summed E-state index contributed by atoms with van der Waals surface area (Å²) in [5, 5.41) is 31.3. The van der Waals surface area contributed by atoms with Crippen molar-refractivity contribution in [2.75, 3.05) is 32.7 Å². The van der Waals surface area contributed by atoms with Crippen LogP contribution >= 0.6 is 0 Å². The molecule has 9 heteroatoms. The van der Waals surface area contributed by atoms with E-state index in [2.05, 4.69) is 15.5 Å². The maximum absolute atomic E-state index is 12.4. The molecule has 1 atom stereocenters. The van der Waals surface area contributed by atoms with E-state index in [1.165, 1.54) is 12.8 Å². The fourth-order valence-corrected chi connectivity index (χ4v) is 2.98. The van der Waals surface area contributed by atoms with Crippen molar-refractivity contribution in [1.29, 1.82) is 0 Å². The van der Waals surface area contributed by atoms with Crippen molar-refractivity contribution in [3.05, 3.63) is 0 Å². The van der Waals surface area contributed by atoms with Crippen molar-refractivity contribution < 1.29 is 29.7 Å². The number of carboxylic acid groups (broad SMARTS) is 2. The van der Waals surface area contributed by atoms with Crippen LogP contribution in [0.3, 0.4) is 0 Å². The van der Waals surface area contributed by atoms with Gasteiger partial charge >= 0.3 is 0 Å². The van der Waals surface area contributed by atoms with Gasteiger partial charge in [0.1, 0.15) is 0 Å². The van der Waals surface area contributed by atoms with Gasteiger partial charge in [-0.05, 0) is 59.2 Å². The fourth-order valence-electron chi connectivity index (χ4n) is 2.98. The van der Waals surface area contributed by atoms with Gasteiger partial charge in [-0.2, -0.15) is 0 Å². The third-order valence-electron chi connectivity index (χ3n) is 4.48. The van der Waals surface area contributed by atoms with Crippen LogP contribution in [-0.4, -0.2) is 81.9 Å². The summed E-state index contributed by atoms with van der Waals surface area (Å²) >= 11 is 0. The summed E-state index contributed by atoms with van der Waals surface area (Å²) in [4.78, 5) is 32.6. The number of rotatable bonds is 4. The zero-order valence-electron chi connectivity index (χ0n) is 16.9. The molecule has 2 aliphatic rings. The second-order valence-electron chi connectivity index (χ2n) is 7.48. The third-order valence-corrected chi connectivity index (χ3v) is 4.48. The Morgan fingerprint density at radius 2 is 1.56 bits per heavy atom. The Morgan fingerprint density at radius 3 is 1.96 bits per heavy atom. The van der Waals surface area contributed by atoms with E-state index in [0.29, 0.717) is 13.1 Å². The number of aliphatic hydroxyl groups is 1. The first-order valence-electron chi connectivity index (χ1n) is 9.26. The molecule has 0 spiro atoms. The molecule has 5 N–H and O–H groups in total. The number of hydrogen-bond donors (Lipinski definition) is 5. The number of nitrogens with zero attached hydrogens (tertiary/aromatic N) is 1. The van der Waals surface area contributed by atoms with Crippen LogP contribution in [0.1, 0.15) is 53.4 Å². The van der Waals surface area contributed by atoms with Gasteiger partial charge in [0.05, 0.1) is 11.1 Å². The molecule has 0 saturated carbocycles. The number of likely N-dealkylation sites (tertiary alicyclic amines) is 1. The second-order valence-corrected chi connectivity index (χ2v) is 7.48. The molecule has 2 heterocycles. The summed E-state index contributed by atoms with van der Waals surface area (Å²) in [6.07, 6.45) is 4.06. The molecule has 1 unspecified atom stereocenters. The zero-order valence-corrected chi connectivity index (χ0v) is 16.9. The van der Waals surface area contributed by atoms with E-state index in [-0.39, 0.29) is 5.91 Å². The SMILES string of the molecule is CC(=O)O.CC(=O)O.CC(C)(C(=O)NCC1(O)CCCNC1)N1CCCC1. The third kappa shape index (κ3) is 10.9. The standard InChI is InChI=1S/C14H27N3O2.2C2H4O2/c1-13(2,17-8-3-4-9-17)12(18)16-11-14(19)6-5-7-15-10-14;2*1-2(3)4/h15,19H,3-11H2,1-2H3,(H,16,18);2*1H3,(H,3,4). The highest BCUT2D eigenvalue weighted by molar-refractivity contribution is 5.85. The monoisotopic (exact) mass is 389 g/mol. The molecular formula is C18H35N3O6. The Bertz CT molecular complexity index is 463. The number of aliphatic carboxylic acids is 2. The molecule has 0 aromatic heterocycles. The minimum atomic E-state index is -0.833. The number of nitrogens with one attached hydrogen (secondary N) is 2. The van der Waals surface area contributed by atoms with Crippen molar-refractivity contribution in [1.82, 2.24) is 15.5 Å². The average Bonchev–Trinajstić information content (AvgIpc) is 3.07. The topological polar surface area (TPSA) is 139 Å². The number of amides is 1. The van der Waals surface area contributed by atoms with E-state index in [0.717, 1.165) is 46.3 Å². The van der Waals surface area contributed by atoms with E-state index < -0.39 is 23.1 Å². The Morgan fingerprint density at radius 1 is 1.07 bits per heavy atom. The summed E-state index contributed by atoms with van der Waals surface area (Å²) in [7, 11) is 0. The molecule has 9 nitrogen and oxygen atoms in total. The van der Waals surface area contributed by atoms with Gasteiger partial charge in [0.15, 0.2) is 0 Å². The lowest BCUT2D eigenvalue weighted by molar-refractivity contribution is -0.135. The summed E-state index contributed by atoms with van der Waals surface area (Å²) in [6, 6.07) is 0. The van der Waals surface area contributed by atoms with Gasteiger partial charge in [0.25, 0.3) is 11.9 Å². The Balaban J connectivity index is 0.000000718. The van der Waals surface area contributed by atoms with Crippen LogP contribution in [0.5, 0.6) is 0 Å². The number of piperidine rings is 1. The van der Waals surface area contributed by atoms with E-state index >= 15 is 0 Å². The largest absolute Gasteiger partial charge is 0.481 e. The van der Waals surface area contributed by atoms with Gasteiger partial charge in [-0.25, -0.2) is 0 Å². The predicted octanol–water partition coefficient (Wildman–Crippen LogP) is 0.273. The molecule has 2 aliphatic heterocycles. The second kappa shape index (κ2) is 11.9. The lowest BCUT2D eigenvalue weighted by Gasteiger charge is -2.37. The number of hydrogen-bond acceptors (Lipinski definition) is 6. The minimum Gasteiger partial charge on any atom is -0.481 e. The molecule has 2 saturated heterocycles. The first-order chi connectivity index (χ1) is 12.4. The minimum absolute atomic E-state index is 0.0217. The van der Waals surface area contributed by atoms with Crippen molar-refractivity contribution in [3.8, 4) is 0 Å². The van der Waals surface area contributed by atoms with Gasteiger partial charge in [-0.1, -0.05) is 0 Å². The summed E-state index contributed by atoms with van der Waals surface area (Å²) in [5.41, 5.74) is -1.26. The molecule has 1 amide bonds. The number of β-amino-alcohol motifs (C(OH)–C–C–N with tert-alkyl or cyclic N) is 1. The molecule has 0 aliphatic carbocycles. The fraction of sp³-hybridized carbons (Fsp3) is 0.833. The van der Waals surface area contributed by atoms with E-state index in [1.807, 2.05) is 13.8 Å². The Kier molecular flexibility index (Phi) is 11.1. The first kappa shape index (κ1) is 25.3. The molecule has 2 fully saturated rings. The Labute approximate surface area is 161 Å². The molecule has 0 aromatic carbocycles. The van der Waals surface area contributed by atoms with Crippen molar-refractivity contribution in [2.45, 2.75) is 64.5 Å². The van der Waals surface area contributed by atoms with Crippen LogP contribution in [0.25, 0.3) is 0 Å². The molecule has 158 valence electrons. The normalized spacial score (nSPS) is 22.6. The van der Waals surface area contributed by atoms with E-state index in [4.69, 9.17) is 19.8 Å². The predicted molar refractivity (Wildman–Crippen MR) is 102 cm³/mol. The lowest BCUT2D eigenvalue weighted by Crippen LogP contribution is -2.58. The summed E-state index contributed by atoms with van der Waals surface area (Å²) < 4.78 is 0. The van der Waals surface area contributed by atoms with E-state index in [1.54, 1.807) is 0 Å². The van der Waals surface area contributed by atoms with Crippen molar-refractivity contribution in [2.24, 2.45) is 0 Å². The lowest BCUT2D eigenvalue weighted by atomic mass is 9.93. The van der Waals surface area contributed by atoms with Crippen LogP contribution in [0, 0.1) is 0 Å². The van der Waals surface area contributed by atoms with Gasteiger partial charge in [-0.3, -0.25) is 19.3 Å². The first-order valence-corrected chi connectivity index (χ1v) is 9.26. The molecular weight excluding hydrogens is 354 g/mol. The summed E-state index contributed by atoms with van der Waals surface area (Å²) in [6.45, 7) is 9.95. The van der Waals surface area contributed by atoms with Gasteiger partial charge < -0.3 is 26.0 Å². The van der Waals surface area contributed by atoms with Crippen molar-refractivity contribution in [3.63, 3.8) is 0 Å². The zero-order chi connectivity index (χ0) is 21.1. The average molecular weight is 389 g/mol. The van der Waals surface area contributed by atoms with Crippen LogP contribution in [0.4, 0.5) is 0 Å². The van der Waals surface area contributed by atoms with Crippen LogP contribution in [0.2, 0.25) is 0 Å². The highest BCUT2D eigenvalue weighted by atomic mass is 16.4. The molecule has 27 heavy (non-hydrogen) atoms. The maximum atomic E-state index is 12.4. The highest BCUT2D eigenvalue weighted by Crippen LogP contribution is 2.21. The van der Waals surface area contributed by atoms with Crippen molar-refractivity contribution >= 4 is 17.8 Å². The molecule has 0 aromatic rings. The highest BCUT2D eigenvalue weighted by Gasteiger charge is 2.37. The van der Waals surface area contributed by atoms with Gasteiger partial charge in [0, 0.05) is 26.9 Å².